The van der Waals surface area contributed by atoms with Gasteiger partial charge in [0.2, 0.25) is 0 Å². The Morgan fingerprint density at radius 3 is 2.92 bits per heavy atom. The molecule has 0 bridgehead atoms. The third-order valence-electron chi connectivity index (χ3n) is 2.67. The van der Waals surface area contributed by atoms with Gasteiger partial charge in [0.15, 0.2) is 0 Å². The van der Waals surface area contributed by atoms with Crippen molar-refractivity contribution < 1.29 is 9.13 Å². The number of hydrogen-bond donors (Lipinski definition) is 0. The lowest BCUT2D eigenvalue weighted by Crippen LogP contribution is -2.34. The van der Waals surface area contributed by atoms with Crippen molar-refractivity contribution in [3.63, 3.8) is 0 Å². The van der Waals surface area contributed by atoms with Gasteiger partial charge in [0.05, 0.1) is 15.5 Å². The van der Waals surface area contributed by atoms with Crippen LogP contribution in [0.2, 0.25) is 6.04 Å². The molecule has 13 heavy (non-hydrogen) atoms. The summed E-state index contributed by atoms with van der Waals surface area (Å²) in [4.78, 5) is 0. The third kappa shape index (κ3) is 3.61. The van der Waals surface area contributed by atoms with Gasteiger partial charge in [-0.1, -0.05) is 6.04 Å². The highest BCUT2D eigenvalue weighted by Crippen LogP contribution is 2.18. The Labute approximate surface area is 81.6 Å². The topological polar surface area (TPSA) is 9.23 Å². The minimum absolute atomic E-state index is 0.190. The Bertz CT molecular complexity index is 146. The van der Waals surface area contributed by atoms with Gasteiger partial charge >= 0.3 is 0 Å². The van der Waals surface area contributed by atoms with Crippen molar-refractivity contribution in [2.75, 3.05) is 13.3 Å². The van der Waals surface area contributed by atoms with Crippen LogP contribution < -0.4 is 0 Å². The van der Waals surface area contributed by atoms with Gasteiger partial charge in [0.1, 0.15) is 0 Å². The lowest BCUT2D eigenvalue weighted by atomic mass is 10.2. The molecule has 76 valence electrons. The molecule has 0 saturated carbocycles. The maximum Gasteiger partial charge on any atom is 0.0944 e. The van der Waals surface area contributed by atoms with Gasteiger partial charge in [-0.3, -0.25) is 4.39 Å². The maximum atomic E-state index is 12.0. The van der Waals surface area contributed by atoms with Crippen molar-refractivity contribution in [3.05, 3.63) is 12.3 Å². The van der Waals surface area contributed by atoms with Gasteiger partial charge in [-0.2, -0.15) is 0 Å². The van der Waals surface area contributed by atoms with Crippen LogP contribution in [0.25, 0.3) is 0 Å². The molecule has 1 heterocycles. The fourth-order valence-corrected chi connectivity index (χ4v) is 4.46. The maximum absolute atomic E-state index is 12.0. The number of ether oxygens (including phenoxy) is 1. The Morgan fingerprint density at radius 2 is 2.38 bits per heavy atom. The third-order valence-corrected chi connectivity index (χ3v) is 5.83. The Balaban J connectivity index is 2.30. The van der Waals surface area contributed by atoms with Gasteiger partial charge in [-0.15, -0.1) is 12.3 Å². The van der Waals surface area contributed by atoms with Crippen molar-refractivity contribution in [1.29, 1.82) is 0 Å². The first-order valence-corrected chi connectivity index (χ1v) is 7.33. The van der Waals surface area contributed by atoms with E-state index in [1.807, 2.05) is 0 Å². The molecule has 1 rings (SSSR count). The van der Waals surface area contributed by atoms with E-state index in [1.54, 1.807) is 0 Å². The van der Waals surface area contributed by atoms with Crippen molar-refractivity contribution in [1.82, 2.24) is 0 Å². The van der Waals surface area contributed by atoms with Crippen LogP contribution in [0.4, 0.5) is 4.39 Å². The molecule has 0 aromatic heterocycles. The standard InChI is InChI=1S/C10H19FOSi/c1-2-13(9-5-7-11)10-6-3-4-8-12-10/h2,10,13H,1,3-9H2. The first-order valence-electron chi connectivity index (χ1n) is 5.18. The number of hydrogen-bond acceptors (Lipinski definition) is 1. The summed E-state index contributed by atoms with van der Waals surface area (Å²) in [6.07, 6.45) is 4.34. The predicted octanol–water partition coefficient (Wildman–Crippen LogP) is 2.41. The second-order valence-electron chi connectivity index (χ2n) is 3.64. The average molecular weight is 202 g/mol. The summed E-state index contributed by atoms with van der Waals surface area (Å²) in [5.41, 5.74) is 2.50. The van der Waals surface area contributed by atoms with Crippen LogP contribution in [0.5, 0.6) is 0 Å². The lowest BCUT2D eigenvalue weighted by Gasteiger charge is -2.27. The molecule has 0 amide bonds. The molecule has 0 aromatic rings. The van der Waals surface area contributed by atoms with E-state index >= 15 is 0 Å². The van der Waals surface area contributed by atoms with Gasteiger partial charge in [0, 0.05) is 12.3 Å². The quantitative estimate of drug-likeness (QED) is 0.622. The summed E-state index contributed by atoms with van der Waals surface area (Å²) in [5.74, 6) is 0. The molecule has 0 radical (unpaired) electrons. The van der Waals surface area contributed by atoms with E-state index in [4.69, 9.17) is 4.74 Å². The highest BCUT2D eigenvalue weighted by atomic mass is 28.3. The summed E-state index contributed by atoms with van der Waals surface area (Å²) < 4.78 is 17.7. The second-order valence-corrected chi connectivity index (χ2v) is 6.76. The van der Waals surface area contributed by atoms with Gasteiger partial charge < -0.3 is 4.74 Å². The predicted molar refractivity (Wildman–Crippen MR) is 56.3 cm³/mol. The summed E-state index contributed by atoms with van der Waals surface area (Å²) in [5, 5.41) is 0. The highest BCUT2D eigenvalue weighted by molar-refractivity contribution is 6.65. The minimum atomic E-state index is -1.01. The molecule has 0 N–H and O–H groups in total. The van der Waals surface area contributed by atoms with Crippen molar-refractivity contribution in [2.45, 2.75) is 37.5 Å². The van der Waals surface area contributed by atoms with Crippen LogP contribution in [0.1, 0.15) is 25.7 Å². The highest BCUT2D eigenvalue weighted by Gasteiger charge is 2.22. The van der Waals surface area contributed by atoms with E-state index in [2.05, 4.69) is 12.3 Å². The zero-order valence-corrected chi connectivity index (χ0v) is 9.33. The van der Waals surface area contributed by atoms with Crippen LogP contribution in [-0.2, 0) is 4.74 Å². The molecular weight excluding hydrogens is 183 g/mol. The average Bonchev–Trinajstić information content (AvgIpc) is 2.21. The summed E-state index contributed by atoms with van der Waals surface area (Å²) in [6.45, 7) is 4.56. The molecule has 1 aliphatic rings. The van der Waals surface area contributed by atoms with E-state index in [9.17, 15) is 4.39 Å². The molecule has 0 aromatic carbocycles. The molecule has 0 spiro atoms. The normalized spacial score (nSPS) is 25.5. The fraction of sp³-hybridized carbons (Fsp3) is 0.800. The van der Waals surface area contributed by atoms with Gasteiger partial charge in [-0.25, -0.2) is 0 Å². The molecule has 1 nitrogen and oxygen atoms in total. The molecule has 2 atom stereocenters. The lowest BCUT2D eigenvalue weighted by molar-refractivity contribution is 0.0630. The summed E-state index contributed by atoms with van der Waals surface area (Å²) >= 11 is 0. The van der Waals surface area contributed by atoms with Crippen LogP contribution in [0.15, 0.2) is 12.3 Å². The summed E-state index contributed by atoms with van der Waals surface area (Å²) in [6, 6.07) is 1.02. The largest absolute Gasteiger partial charge is 0.382 e. The molecule has 1 aliphatic heterocycles. The van der Waals surface area contributed by atoms with Crippen LogP contribution in [-0.4, -0.2) is 27.8 Å². The van der Waals surface area contributed by atoms with E-state index in [-0.39, 0.29) is 6.67 Å². The van der Waals surface area contributed by atoms with E-state index < -0.39 is 8.80 Å². The first-order chi connectivity index (χ1) is 6.38. The second kappa shape index (κ2) is 6.32. The van der Waals surface area contributed by atoms with Crippen molar-refractivity contribution >= 4 is 8.80 Å². The smallest absolute Gasteiger partial charge is 0.0944 e. The Kier molecular flexibility index (Phi) is 5.31. The SMILES string of the molecule is C=C[SiH](CCCF)C1CCCCO1. The van der Waals surface area contributed by atoms with Crippen molar-refractivity contribution in [2.24, 2.45) is 0 Å². The molecule has 1 fully saturated rings. The summed E-state index contributed by atoms with van der Waals surface area (Å²) in [7, 11) is -1.01. The van der Waals surface area contributed by atoms with Gasteiger partial charge in [0.25, 0.3) is 0 Å². The number of alkyl halides is 1. The fourth-order valence-electron chi connectivity index (χ4n) is 1.87. The van der Waals surface area contributed by atoms with E-state index in [0.29, 0.717) is 12.1 Å². The van der Waals surface area contributed by atoms with E-state index in [1.165, 1.54) is 19.3 Å². The molecule has 1 saturated heterocycles. The van der Waals surface area contributed by atoms with Crippen molar-refractivity contribution in [3.8, 4) is 0 Å². The molecular formula is C10H19FOSi. The monoisotopic (exact) mass is 202 g/mol. The molecule has 0 aliphatic carbocycles. The van der Waals surface area contributed by atoms with Crippen LogP contribution >= 0.6 is 0 Å². The van der Waals surface area contributed by atoms with Crippen LogP contribution in [0, 0.1) is 0 Å². The number of rotatable bonds is 5. The van der Waals surface area contributed by atoms with Gasteiger partial charge in [-0.05, 0) is 25.7 Å². The molecule has 3 heteroatoms. The Hall–Kier alpha value is -0.153. The van der Waals surface area contributed by atoms with E-state index in [0.717, 1.165) is 12.7 Å². The zero-order chi connectivity index (χ0) is 9.52. The number of halogens is 1. The first kappa shape index (κ1) is 10.9. The van der Waals surface area contributed by atoms with Crippen LogP contribution in [0.3, 0.4) is 0 Å². The molecule has 2 unspecified atom stereocenters. The Morgan fingerprint density at radius 1 is 1.54 bits per heavy atom. The minimum Gasteiger partial charge on any atom is -0.382 e. The zero-order valence-electron chi connectivity index (χ0n) is 8.18.